The molecule has 6 heteroatoms. The zero-order valence-electron chi connectivity index (χ0n) is 9.91. The number of nitrogens with zero attached hydrogens (tertiary/aromatic N) is 1. The van der Waals surface area contributed by atoms with Crippen molar-refractivity contribution in [3.63, 3.8) is 0 Å². The molecule has 19 heavy (non-hydrogen) atoms. The molecule has 1 unspecified atom stereocenters. The Morgan fingerprint density at radius 3 is 2.79 bits per heavy atom. The molecule has 0 amide bonds. The first-order valence-electron chi connectivity index (χ1n) is 5.61. The molecule has 2 rings (SSSR count). The maximum absolute atomic E-state index is 13.5. The Bertz CT molecular complexity index is 578. The zero-order valence-corrected chi connectivity index (χ0v) is 13.1. The molecule has 0 bridgehead atoms. The van der Waals surface area contributed by atoms with Gasteiger partial charge in [-0.3, -0.25) is 16.3 Å². The second kappa shape index (κ2) is 6.56. The first-order chi connectivity index (χ1) is 9.11. The normalized spacial score (nSPS) is 12.4. The minimum Gasteiger partial charge on any atom is -0.271 e. The Labute approximate surface area is 127 Å². The smallest absolute Gasteiger partial charge is 0.137 e. The average Bonchev–Trinajstić information content (AvgIpc) is 2.40. The molecule has 3 N–H and O–H groups in total. The molecule has 1 atom stereocenters. The van der Waals surface area contributed by atoms with Crippen LogP contribution < -0.4 is 11.3 Å². The first kappa shape index (κ1) is 14.6. The van der Waals surface area contributed by atoms with Crippen molar-refractivity contribution < 1.29 is 4.39 Å². The number of pyridine rings is 1. The summed E-state index contributed by atoms with van der Waals surface area (Å²) in [6, 6.07) is 6.76. The van der Waals surface area contributed by atoms with E-state index in [9.17, 15) is 4.39 Å². The summed E-state index contributed by atoms with van der Waals surface area (Å²) < 4.78 is 14.8. The minimum absolute atomic E-state index is 0.136. The van der Waals surface area contributed by atoms with Gasteiger partial charge in [-0.05, 0) is 61.5 Å². The molecule has 0 aliphatic carbocycles. The van der Waals surface area contributed by atoms with E-state index in [0.717, 1.165) is 15.6 Å². The van der Waals surface area contributed by atoms with Crippen molar-refractivity contribution >= 4 is 31.9 Å². The molecule has 0 saturated heterocycles. The number of rotatable bonds is 4. The van der Waals surface area contributed by atoms with Crippen molar-refractivity contribution in [2.24, 2.45) is 5.84 Å². The van der Waals surface area contributed by atoms with E-state index in [2.05, 4.69) is 42.3 Å². The topological polar surface area (TPSA) is 50.9 Å². The molecular weight excluding hydrogens is 377 g/mol. The van der Waals surface area contributed by atoms with Crippen molar-refractivity contribution in [3.05, 3.63) is 62.5 Å². The molecule has 2 aromatic rings. The Kier molecular flexibility index (Phi) is 5.04. The average molecular weight is 389 g/mol. The molecule has 1 aromatic carbocycles. The van der Waals surface area contributed by atoms with E-state index >= 15 is 0 Å². The fourth-order valence-corrected chi connectivity index (χ4v) is 2.63. The van der Waals surface area contributed by atoms with Gasteiger partial charge in [0.2, 0.25) is 0 Å². The van der Waals surface area contributed by atoms with E-state index in [1.807, 2.05) is 12.1 Å². The Balaban J connectivity index is 2.26. The van der Waals surface area contributed by atoms with Gasteiger partial charge in [0.15, 0.2) is 0 Å². The van der Waals surface area contributed by atoms with E-state index in [1.165, 1.54) is 6.07 Å². The second-order valence-electron chi connectivity index (χ2n) is 4.07. The van der Waals surface area contributed by atoms with Crippen LogP contribution in [-0.2, 0) is 6.42 Å². The van der Waals surface area contributed by atoms with E-state index < -0.39 is 0 Å². The number of hydrogen-bond donors (Lipinski definition) is 2. The van der Waals surface area contributed by atoms with Crippen molar-refractivity contribution in [1.82, 2.24) is 10.4 Å². The SMILES string of the molecule is NNC(Cc1cccc(F)c1Br)c1cncc(Br)c1. The van der Waals surface area contributed by atoms with Gasteiger partial charge in [0.25, 0.3) is 0 Å². The van der Waals surface area contributed by atoms with Crippen LogP contribution in [0.15, 0.2) is 45.6 Å². The largest absolute Gasteiger partial charge is 0.271 e. The molecule has 0 fully saturated rings. The number of nitrogens with one attached hydrogen (secondary N) is 1. The third-order valence-corrected chi connectivity index (χ3v) is 4.11. The summed E-state index contributed by atoms with van der Waals surface area (Å²) in [4.78, 5) is 4.11. The predicted octanol–water partition coefficient (Wildman–Crippen LogP) is 3.49. The number of hydrazine groups is 1. The first-order valence-corrected chi connectivity index (χ1v) is 7.20. The number of benzene rings is 1. The van der Waals surface area contributed by atoms with E-state index in [0.29, 0.717) is 10.9 Å². The maximum Gasteiger partial charge on any atom is 0.137 e. The van der Waals surface area contributed by atoms with Gasteiger partial charge in [-0.25, -0.2) is 4.39 Å². The number of hydrogen-bond acceptors (Lipinski definition) is 3. The lowest BCUT2D eigenvalue weighted by Gasteiger charge is -2.17. The molecule has 0 radical (unpaired) electrons. The van der Waals surface area contributed by atoms with Gasteiger partial charge in [0.1, 0.15) is 5.82 Å². The zero-order chi connectivity index (χ0) is 13.8. The standard InChI is InChI=1S/C13H12Br2FN3/c14-10-4-9(6-18-7-10)12(19-17)5-8-2-1-3-11(16)13(8)15/h1-4,6-7,12,19H,5,17H2. The van der Waals surface area contributed by atoms with Crippen LogP contribution in [0.3, 0.4) is 0 Å². The van der Waals surface area contributed by atoms with Crippen LogP contribution in [0.25, 0.3) is 0 Å². The minimum atomic E-state index is -0.277. The molecule has 0 saturated carbocycles. The van der Waals surface area contributed by atoms with E-state index in [4.69, 9.17) is 5.84 Å². The van der Waals surface area contributed by atoms with Crippen molar-refractivity contribution in [2.45, 2.75) is 12.5 Å². The van der Waals surface area contributed by atoms with Crippen LogP contribution >= 0.6 is 31.9 Å². The molecule has 0 aliphatic rings. The summed E-state index contributed by atoms with van der Waals surface area (Å²) in [5, 5.41) is 0. The molecule has 3 nitrogen and oxygen atoms in total. The molecule has 100 valence electrons. The maximum atomic E-state index is 13.5. The van der Waals surface area contributed by atoms with E-state index in [1.54, 1.807) is 18.5 Å². The summed E-state index contributed by atoms with van der Waals surface area (Å²) in [5.41, 5.74) is 4.52. The lowest BCUT2D eigenvalue weighted by molar-refractivity contribution is 0.544. The van der Waals surface area contributed by atoms with Gasteiger partial charge < -0.3 is 0 Å². The predicted molar refractivity (Wildman–Crippen MR) is 79.8 cm³/mol. The van der Waals surface area contributed by atoms with Crippen LogP contribution in [0.4, 0.5) is 4.39 Å². The molecule has 0 spiro atoms. The second-order valence-corrected chi connectivity index (χ2v) is 5.78. The summed E-state index contributed by atoms with van der Waals surface area (Å²) in [6.07, 6.45) is 4.00. The third kappa shape index (κ3) is 3.60. The number of nitrogens with two attached hydrogens (primary N) is 1. The quantitative estimate of drug-likeness (QED) is 0.622. The van der Waals surface area contributed by atoms with E-state index in [-0.39, 0.29) is 11.9 Å². The van der Waals surface area contributed by atoms with Crippen molar-refractivity contribution in [3.8, 4) is 0 Å². The highest BCUT2D eigenvalue weighted by molar-refractivity contribution is 9.10. The summed E-state index contributed by atoms with van der Waals surface area (Å²) in [5.74, 6) is 5.31. The van der Waals surface area contributed by atoms with Gasteiger partial charge in [-0.15, -0.1) is 0 Å². The third-order valence-electron chi connectivity index (χ3n) is 2.79. The fraction of sp³-hybridized carbons (Fsp3) is 0.154. The van der Waals surface area contributed by atoms with Gasteiger partial charge in [-0.2, -0.15) is 0 Å². The molecule has 1 heterocycles. The number of halogens is 3. The van der Waals surface area contributed by atoms with Gasteiger partial charge in [0.05, 0.1) is 10.5 Å². The fourth-order valence-electron chi connectivity index (χ4n) is 1.82. The Morgan fingerprint density at radius 2 is 2.11 bits per heavy atom. The molecule has 0 aliphatic heterocycles. The lowest BCUT2D eigenvalue weighted by Crippen LogP contribution is -2.29. The van der Waals surface area contributed by atoms with Crippen LogP contribution in [0.5, 0.6) is 0 Å². The van der Waals surface area contributed by atoms with Crippen LogP contribution in [0, 0.1) is 5.82 Å². The molecular formula is C13H12Br2FN3. The van der Waals surface area contributed by atoms with Crippen LogP contribution in [0.1, 0.15) is 17.2 Å². The summed E-state index contributed by atoms with van der Waals surface area (Å²) >= 11 is 6.63. The van der Waals surface area contributed by atoms with Crippen LogP contribution in [-0.4, -0.2) is 4.98 Å². The van der Waals surface area contributed by atoms with Gasteiger partial charge >= 0.3 is 0 Å². The molecule has 1 aromatic heterocycles. The highest BCUT2D eigenvalue weighted by Gasteiger charge is 2.14. The van der Waals surface area contributed by atoms with Gasteiger partial charge in [-0.1, -0.05) is 12.1 Å². The van der Waals surface area contributed by atoms with Crippen molar-refractivity contribution in [1.29, 1.82) is 0 Å². The Hall–Kier alpha value is -0.820. The highest BCUT2D eigenvalue weighted by atomic mass is 79.9. The van der Waals surface area contributed by atoms with Crippen molar-refractivity contribution in [2.75, 3.05) is 0 Å². The highest BCUT2D eigenvalue weighted by Crippen LogP contribution is 2.26. The monoisotopic (exact) mass is 387 g/mol. The Morgan fingerprint density at radius 1 is 1.32 bits per heavy atom. The lowest BCUT2D eigenvalue weighted by atomic mass is 10.0. The summed E-state index contributed by atoms with van der Waals surface area (Å²) in [7, 11) is 0. The summed E-state index contributed by atoms with van der Waals surface area (Å²) in [6.45, 7) is 0. The van der Waals surface area contributed by atoms with Crippen LogP contribution in [0.2, 0.25) is 0 Å². The van der Waals surface area contributed by atoms with Gasteiger partial charge in [0, 0.05) is 16.9 Å². The number of aromatic nitrogens is 1.